The lowest BCUT2D eigenvalue weighted by atomic mass is 9.86. The highest BCUT2D eigenvalue weighted by molar-refractivity contribution is 7.92. The molecular formula is C31H45N3O3S. The maximum atomic E-state index is 13.4. The molecule has 0 radical (unpaired) electrons. The van der Waals surface area contributed by atoms with E-state index < -0.39 is 10.0 Å². The first kappa shape index (κ1) is 28.6. The van der Waals surface area contributed by atoms with Crippen LogP contribution in [-0.4, -0.2) is 56.1 Å². The van der Waals surface area contributed by atoms with Crippen LogP contribution in [0.1, 0.15) is 76.7 Å². The summed E-state index contributed by atoms with van der Waals surface area (Å²) in [4.78, 5) is 18.0. The number of sulfonamides is 1. The van der Waals surface area contributed by atoms with Crippen molar-refractivity contribution < 1.29 is 13.2 Å². The third kappa shape index (κ3) is 8.06. The second-order valence-corrected chi connectivity index (χ2v) is 13.0. The fourth-order valence-corrected chi connectivity index (χ4v) is 6.73. The Kier molecular flexibility index (Phi) is 10.3. The van der Waals surface area contributed by atoms with Gasteiger partial charge in [-0.05, 0) is 49.1 Å². The van der Waals surface area contributed by atoms with Gasteiger partial charge in [-0.1, -0.05) is 81.1 Å². The zero-order valence-electron chi connectivity index (χ0n) is 23.2. The Morgan fingerprint density at radius 2 is 1.68 bits per heavy atom. The van der Waals surface area contributed by atoms with Gasteiger partial charge < -0.3 is 4.90 Å². The molecule has 1 aliphatic carbocycles. The number of rotatable bonds is 11. The number of nitrogens with one attached hydrogen (secondary N) is 1. The fraction of sp³-hybridized carbons (Fsp3) is 0.581. The Hall–Kier alpha value is -2.38. The Labute approximate surface area is 229 Å². The number of carbonyl (C=O) groups is 1. The number of nitrogens with zero attached hydrogens (tertiary/aromatic N) is 2. The smallest absolute Gasteiger partial charge is 0.229 e. The van der Waals surface area contributed by atoms with Crippen molar-refractivity contribution in [2.45, 2.75) is 83.7 Å². The van der Waals surface area contributed by atoms with Gasteiger partial charge in [-0.25, -0.2) is 8.42 Å². The quantitative estimate of drug-likeness (QED) is 0.364. The standard InChI is InChI=1S/C31H45N3O3S/c1-3-4-20-34(30(35)23-25-12-7-5-8-13-25)28-18-21-33(22-19-28)24-27-16-11-17-29(26-14-9-6-10-15-26)31(27)32-38(2,36)37/h6,9-11,14-17,25,28,32H,3-5,7-8,12-13,18-24H2,1-2H3. The van der Waals surface area contributed by atoms with Crippen molar-refractivity contribution in [1.82, 2.24) is 9.80 Å². The molecule has 0 atom stereocenters. The van der Waals surface area contributed by atoms with Crippen molar-refractivity contribution in [3.8, 4) is 11.1 Å². The molecule has 0 bridgehead atoms. The molecule has 1 N–H and O–H groups in total. The average molecular weight is 540 g/mol. The minimum absolute atomic E-state index is 0.304. The molecule has 2 aliphatic rings. The van der Waals surface area contributed by atoms with Crippen LogP contribution in [0, 0.1) is 5.92 Å². The van der Waals surface area contributed by atoms with Crippen LogP contribution < -0.4 is 4.72 Å². The van der Waals surface area contributed by atoms with Crippen LogP contribution in [0.2, 0.25) is 0 Å². The van der Waals surface area contributed by atoms with Crippen molar-refractivity contribution in [3.63, 3.8) is 0 Å². The number of anilines is 1. The normalized spacial score (nSPS) is 17.8. The summed E-state index contributed by atoms with van der Waals surface area (Å²) in [6, 6.07) is 16.2. The first-order valence-electron chi connectivity index (χ1n) is 14.5. The number of piperidine rings is 1. The lowest BCUT2D eigenvalue weighted by Crippen LogP contribution is -2.48. The van der Waals surface area contributed by atoms with Crippen LogP contribution in [0.3, 0.4) is 0 Å². The summed E-state index contributed by atoms with van der Waals surface area (Å²) in [7, 11) is -3.43. The van der Waals surface area contributed by atoms with E-state index in [2.05, 4.69) is 21.4 Å². The minimum Gasteiger partial charge on any atom is -0.340 e. The molecule has 1 amide bonds. The maximum absolute atomic E-state index is 13.4. The Morgan fingerprint density at radius 3 is 2.34 bits per heavy atom. The predicted octanol–water partition coefficient (Wildman–Crippen LogP) is 6.29. The zero-order valence-corrected chi connectivity index (χ0v) is 24.0. The van der Waals surface area contributed by atoms with E-state index in [0.29, 0.717) is 30.1 Å². The molecule has 6 nitrogen and oxygen atoms in total. The number of para-hydroxylation sites is 1. The molecule has 4 rings (SSSR count). The molecule has 1 heterocycles. The van der Waals surface area contributed by atoms with Gasteiger partial charge in [0.2, 0.25) is 15.9 Å². The summed E-state index contributed by atoms with van der Waals surface area (Å²) in [5.74, 6) is 0.928. The number of unbranched alkanes of at least 4 members (excludes halogenated alkanes) is 1. The number of carbonyl (C=O) groups excluding carboxylic acids is 1. The van der Waals surface area contributed by atoms with Gasteiger partial charge in [-0.15, -0.1) is 0 Å². The molecule has 208 valence electrons. The largest absolute Gasteiger partial charge is 0.340 e. The van der Waals surface area contributed by atoms with Crippen molar-refractivity contribution in [2.24, 2.45) is 5.92 Å². The van der Waals surface area contributed by atoms with Gasteiger partial charge in [-0.2, -0.15) is 0 Å². The van der Waals surface area contributed by atoms with E-state index in [1.807, 2.05) is 48.5 Å². The molecule has 2 fully saturated rings. The van der Waals surface area contributed by atoms with Gasteiger partial charge in [0.15, 0.2) is 0 Å². The van der Waals surface area contributed by atoms with Crippen molar-refractivity contribution in [3.05, 3.63) is 54.1 Å². The maximum Gasteiger partial charge on any atom is 0.229 e. The number of likely N-dealkylation sites (tertiary alicyclic amines) is 1. The Bertz CT molecular complexity index is 1140. The second kappa shape index (κ2) is 13.6. The van der Waals surface area contributed by atoms with E-state index in [9.17, 15) is 13.2 Å². The number of amides is 1. The highest BCUT2D eigenvalue weighted by Gasteiger charge is 2.29. The molecule has 7 heteroatoms. The minimum atomic E-state index is -3.43. The van der Waals surface area contributed by atoms with E-state index in [0.717, 1.165) is 68.4 Å². The van der Waals surface area contributed by atoms with Gasteiger partial charge in [0.05, 0.1) is 11.9 Å². The van der Waals surface area contributed by atoms with Crippen molar-refractivity contribution in [2.75, 3.05) is 30.6 Å². The molecule has 38 heavy (non-hydrogen) atoms. The molecule has 2 aromatic carbocycles. The van der Waals surface area contributed by atoms with Gasteiger partial charge in [0.1, 0.15) is 0 Å². The predicted molar refractivity (Wildman–Crippen MR) is 156 cm³/mol. The van der Waals surface area contributed by atoms with E-state index in [1.165, 1.54) is 38.4 Å². The van der Waals surface area contributed by atoms with Gasteiger partial charge in [0, 0.05) is 44.2 Å². The fourth-order valence-electron chi connectivity index (χ4n) is 6.12. The molecule has 0 aromatic heterocycles. The second-order valence-electron chi connectivity index (χ2n) is 11.2. The molecule has 1 saturated heterocycles. The number of benzene rings is 2. The monoisotopic (exact) mass is 539 g/mol. The van der Waals surface area contributed by atoms with Crippen LogP contribution in [0.4, 0.5) is 5.69 Å². The van der Waals surface area contributed by atoms with Gasteiger partial charge in [0.25, 0.3) is 0 Å². The van der Waals surface area contributed by atoms with E-state index in [4.69, 9.17) is 0 Å². The van der Waals surface area contributed by atoms with E-state index in [1.54, 1.807) is 0 Å². The van der Waals surface area contributed by atoms with E-state index >= 15 is 0 Å². The Morgan fingerprint density at radius 1 is 0.974 bits per heavy atom. The van der Waals surface area contributed by atoms with Crippen molar-refractivity contribution >= 4 is 21.6 Å². The molecule has 0 spiro atoms. The van der Waals surface area contributed by atoms with Crippen LogP contribution >= 0.6 is 0 Å². The lowest BCUT2D eigenvalue weighted by molar-refractivity contribution is -0.136. The third-order valence-electron chi connectivity index (χ3n) is 8.18. The average Bonchev–Trinajstić information content (AvgIpc) is 2.91. The molecule has 2 aromatic rings. The van der Waals surface area contributed by atoms with Gasteiger partial charge >= 0.3 is 0 Å². The molecule has 1 saturated carbocycles. The first-order chi connectivity index (χ1) is 18.3. The zero-order chi connectivity index (χ0) is 27.0. The summed E-state index contributed by atoms with van der Waals surface area (Å²) < 4.78 is 27.4. The summed E-state index contributed by atoms with van der Waals surface area (Å²) in [6.07, 6.45) is 12.3. The topological polar surface area (TPSA) is 69.7 Å². The lowest BCUT2D eigenvalue weighted by Gasteiger charge is -2.39. The Balaban J connectivity index is 1.44. The highest BCUT2D eigenvalue weighted by Crippen LogP contribution is 2.33. The summed E-state index contributed by atoms with van der Waals surface area (Å²) in [6.45, 7) is 5.54. The van der Waals surface area contributed by atoms with Gasteiger partial charge in [-0.3, -0.25) is 14.4 Å². The van der Waals surface area contributed by atoms with Crippen LogP contribution in [0.5, 0.6) is 0 Å². The van der Waals surface area contributed by atoms with E-state index in [-0.39, 0.29) is 0 Å². The third-order valence-corrected chi connectivity index (χ3v) is 8.75. The van der Waals surface area contributed by atoms with Crippen LogP contribution in [0.15, 0.2) is 48.5 Å². The number of hydrogen-bond acceptors (Lipinski definition) is 4. The summed E-state index contributed by atoms with van der Waals surface area (Å²) in [5.41, 5.74) is 3.52. The molecule has 0 unspecified atom stereocenters. The van der Waals surface area contributed by atoms with Crippen LogP contribution in [0.25, 0.3) is 11.1 Å². The SMILES string of the molecule is CCCCN(C(=O)CC1CCCCC1)C1CCN(Cc2cccc(-c3ccccc3)c2NS(C)(=O)=O)CC1. The molecular weight excluding hydrogens is 494 g/mol. The number of hydrogen-bond donors (Lipinski definition) is 1. The highest BCUT2D eigenvalue weighted by atomic mass is 32.2. The molecule has 1 aliphatic heterocycles. The van der Waals surface area contributed by atoms with Crippen molar-refractivity contribution in [1.29, 1.82) is 0 Å². The first-order valence-corrected chi connectivity index (χ1v) is 16.4. The van der Waals surface area contributed by atoms with Crippen LogP contribution in [-0.2, 0) is 21.4 Å². The summed E-state index contributed by atoms with van der Waals surface area (Å²) in [5, 5.41) is 0. The summed E-state index contributed by atoms with van der Waals surface area (Å²) >= 11 is 0.